The fourth-order valence-electron chi connectivity index (χ4n) is 18.7. The molecule has 19 nitrogen and oxygen atoms in total. The van der Waals surface area contributed by atoms with Crippen LogP contribution in [-0.2, 0) is 72.4 Å². The standard InChI is InChI=1S/2C25H34N2O2.2C24H34N2O2.C24H29NO2/c1-16(2)15-27(22-9-8-17(14-26-22)23(28)29)21-13-18(24(3,4)5)12-20-19(21)10-11-25(20,6)7;1-24(2,3)18-13-19(25(4,5)6)15-21(14-18)27(20-9-7-8-10-20)22-12-11-17(16-26-22)23(28)29;1-16(2)15-26(21-10-9-17(14-25-21)22(27)28)20-12-18(23(3,4)5)11-19(13-20)24(6,7)8;1-8-9-12-26(21-11-10-17(16-25-21)22(27)28)20-14-18(23(2,3)4)13-19(15-20)24(5,6)7;1-22(2,3)16-12-18-17(8-9-23(18,4)5)19(13-16)24(10-11-24)20-7-6-15(14-25-20)21(26)27/h8-9,12-14,16H,10-11,15H2,1-7H3,(H,28,29);11-16,20H,7-10H2,1-6H3,(H,28,29);9-14,16H,15H2,1-8H3,(H,27,28);10-11,13-16H,8-9,12H2,1-7H3,(H,27,28);6-7,12-14H,8-11H2,1-5H3,(H,26,27). The molecule has 0 unspecified atom stereocenters. The molecule has 10 aromatic rings. The van der Waals surface area contributed by atoms with Crippen LogP contribution in [0.25, 0.3) is 0 Å². The van der Waals surface area contributed by atoms with E-state index in [-0.39, 0.29) is 87.4 Å². The van der Waals surface area contributed by atoms with E-state index in [0.29, 0.717) is 17.9 Å². The summed E-state index contributed by atoms with van der Waals surface area (Å²) in [5.41, 5.74) is 25.2. The number of carboxylic acid groups (broad SMARTS) is 5. The second-order valence-electron chi connectivity index (χ2n) is 50.1. The largest absolute Gasteiger partial charge is 0.478 e. The van der Waals surface area contributed by atoms with E-state index in [4.69, 9.17) is 0 Å². The maximum absolute atomic E-state index is 11.3. The molecule has 5 heterocycles. The quantitative estimate of drug-likeness (QED) is 0.0398. The smallest absolute Gasteiger partial charge is 0.337 e. The topological polar surface area (TPSA) is 264 Å². The summed E-state index contributed by atoms with van der Waals surface area (Å²) in [5, 5.41) is 46.0. The van der Waals surface area contributed by atoms with E-state index in [9.17, 15) is 49.5 Å². The lowest BCUT2D eigenvalue weighted by Crippen LogP contribution is -2.30. The van der Waals surface area contributed by atoms with E-state index in [0.717, 1.165) is 123 Å². The summed E-state index contributed by atoms with van der Waals surface area (Å²) in [7, 11) is 0. The molecule has 0 bridgehead atoms. The summed E-state index contributed by atoms with van der Waals surface area (Å²) < 4.78 is 0. The van der Waals surface area contributed by atoms with Gasteiger partial charge in [0, 0.05) is 84.8 Å². The van der Waals surface area contributed by atoms with Gasteiger partial charge in [0.2, 0.25) is 0 Å². The Kier molecular flexibility index (Phi) is 34.2. The Labute approximate surface area is 843 Å². The van der Waals surface area contributed by atoms with Gasteiger partial charge in [-0.3, -0.25) is 4.98 Å². The summed E-state index contributed by atoms with van der Waals surface area (Å²) in [5.74, 6) is -0.669. The first-order chi connectivity index (χ1) is 65.1. The molecule has 2 fully saturated rings. The van der Waals surface area contributed by atoms with Gasteiger partial charge in [0.1, 0.15) is 23.3 Å². The molecule has 5 aromatic heterocycles. The zero-order chi connectivity index (χ0) is 105. The maximum atomic E-state index is 11.3. The minimum atomic E-state index is -0.959. The summed E-state index contributed by atoms with van der Waals surface area (Å²) in [4.78, 5) is 87.7. The highest BCUT2D eigenvalue weighted by atomic mass is 16.4. The number of rotatable bonds is 23. The highest BCUT2D eigenvalue weighted by Crippen LogP contribution is 2.58. The minimum absolute atomic E-state index is 0.0279. The van der Waals surface area contributed by atoms with Gasteiger partial charge in [0.25, 0.3) is 0 Å². The zero-order valence-corrected chi connectivity index (χ0v) is 91.3. The monoisotopic (exact) mass is 1920 g/mol. The molecule has 4 aliphatic carbocycles. The van der Waals surface area contributed by atoms with Gasteiger partial charge >= 0.3 is 29.8 Å². The second kappa shape index (κ2) is 43.3. The summed E-state index contributed by atoms with van der Waals surface area (Å²) in [6.45, 7) is 76.6. The van der Waals surface area contributed by atoms with E-state index in [1.165, 1.54) is 128 Å². The number of nitrogens with zero attached hydrogens (tertiary/aromatic N) is 9. The Morgan fingerprint density at radius 3 is 0.950 bits per heavy atom. The Bertz CT molecular complexity index is 5950. The van der Waals surface area contributed by atoms with Crippen molar-refractivity contribution in [1.29, 1.82) is 0 Å². The summed E-state index contributed by atoms with van der Waals surface area (Å²) in [6, 6.07) is 47.9. The third-order valence-corrected chi connectivity index (χ3v) is 28.2. The second-order valence-corrected chi connectivity index (χ2v) is 50.1. The van der Waals surface area contributed by atoms with Gasteiger partial charge in [-0.2, -0.15) is 0 Å². The first-order valence-corrected chi connectivity index (χ1v) is 51.1. The van der Waals surface area contributed by atoms with Gasteiger partial charge in [-0.15, -0.1) is 0 Å². The van der Waals surface area contributed by atoms with Crippen molar-refractivity contribution in [3.8, 4) is 0 Å². The predicted molar refractivity (Wildman–Crippen MR) is 580 cm³/mol. The van der Waals surface area contributed by atoms with Crippen LogP contribution >= 0.6 is 0 Å². The number of carboxylic acids is 5. The Balaban J connectivity index is 0.000000181. The molecule has 0 radical (unpaired) electrons. The fourth-order valence-corrected chi connectivity index (χ4v) is 18.7. The van der Waals surface area contributed by atoms with E-state index >= 15 is 0 Å². The molecule has 5 N–H and O–H groups in total. The van der Waals surface area contributed by atoms with Crippen molar-refractivity contribution < 1.29 is 49.5 Å². The number of benzene rings is 5. The third-order valence-electron chi connectivity index (χ3n) is 28.2. The van der Waals surface area contributed by atoms with Crippen LogP contribution < -0.4 is 19.6 Å². The van der Waals surface area contributed by atoms with E-state index < -0.39 is 29.8 Å². The lowest BCUT2D eigenvalue weighted by molar-refractivity contribution is 0.0685. The molecule has 5 aromatic carbocycles. The number of carbonyl (C=O) groups is 5. The van der Waals surface area contributed by atoms with Gasteiger partial charge in [0.15, 0.2) is 0 Å². The number of anilines is 8. The predicted octanol–water partition coefficient (Wildman–Crippen LogP) is 30.4. The van der Waals surface area contributed by atoms with Crippen LogP contribution in [0.15, 0.2) is 171 Å². The summed E-state index contributed by atoms with van der Waals surface area (Å²) in [6.07, 6.45) is 20.8. The SMILES string of the molecule is CC(C)(C)c1cc(N(c2ccc(C(=O)O)cn2)C2CCCC2)cc(C(C)(C)C)c1.CC(C)(C)c1cc2c(c(C3(c4ccc(C(=O)O)cn4)CC3)c1)CCC2(C)C.CC(C)CN(c1cc(C(C)(C)C)cc(C(C)(C)C)c1)c1ccc(C(=O)O)cn1.CC(C)CN(c1ccc(C(=O)O)cn1)c1cc(C(C)(C)C)cc2c1CCC2(C)C.CCCCN(c1cc(C(C)(C)C)cc(C(C)(C)C)c1)c1ccc(C(=O)O)cn1. The molecular formula is C122H165N9O10. The van der Waals surface area contributed by atoms with E-state index in [2.05, 4.69) is 352 Å². The van der Waals surface area contributed by atoms with Crippen molar-refractivity contribution in [3.63, 3.8) is 0 Å². The number of aromatic carboxylic acids is 5. The van der Waals surface area contributed by atoms with Gasteiger partial charge in [-0.25, -0.2) is 43.9 Å². The van der Waals surface area contributed by atoms with E-state index in [1.807, 2.05) is 18.2 Å². The molecule has 14 rings (SSSR count). The first-order valence-electron chi connectivity index (χ1n) is 51.1. The van der Waals surface area contributed by atoms with Gasteiger partial charge < -0.3 is 45.1 Å². The fraction of sp³-hybridized carbons (Fsp3) is 0.508. The number of unbranched alkanes of at least 4 members (excludes halogenated alkanes) is 1. The minimum Gasteiger partial charge on any atom is -0.478 e. The van der Waals surface area contributed by atoms with Crippen molar-refractivity contribution in [3.05, 3.63) is 276 Å². The van der Waals surface area contributed by atoms with Crippen LogP contribution in [0.1, 0.15) is 423 Å². The lowest BCUT2D eigenvalue weighted by atomic mass is 9.76. The van der Waals surface area contributed by atoms with Crippen LogP contribution in [0.5, 0.6) is 0 Å². The highest BCUT2D eigenvalue weighted by Gasteiger charge is 2.51. The van der Waals surface area contributed by atoms with Crippen molar-refractivity contribution in [2.75, 3.05) is 39.2 Å². The third kappa shape index (κ3) is 28.1. The van der Waals surface area contributed by atoms with Crippen LogP contribution in [-0.4, -0.2) is 106 Å². The van der Waals surface area contributed by atoms with Crippen LogP contribution in [0.4, 0.5) is 46.0 Å². The molecule has 0 amide bonds. The van der Waals surface area contributed by atoms with Crippen molar-refractivity contribution >= 4 is 75.9 Å². The zero-order valence-electron chi connectivity index (χ0n) is 91.3. The van der Waals surface area contributed by atoms with Gasteiger partial charge in [-0.1, -0.05) is 284 Å². The normalized spacial score (nSPS) is 15.0. The highest BCUT2D eigenvalue weighted by molar-refractivity contribution is 5.90. The molecule has 0 saturated heterocycles. The number of hydrogen-bond donors (Lipinski definition) is 5. The number of aromatic nitrogens is 5. The van der Waals surface area contributed by atoms with Crippen LogP contribution in [0.3, 0.4) is 0 Å². The number of hydrogen-bond acceptors (Lipinski definition) is 14. The number of pyridine rings is 5. The molecule has 19 heteroatoms. The van der Waals surface area contributed by atoms with Crippen molar-refractivity contribution in [1.82, 2.24) is 24.9 Å². The number of fused-ring (bicyclic) bond motifs is 2. The maximum Gasteiger partial charge on any atom is 0.337 e. The Morgan fingerprint density at radius 2 is 0.631 bits per heavy atom. The Morgan fingerprint density at radius 1 is 0.340 bits per heavy atom. The van der Waals surface area contributed by atoms with Crippen molar-refractivity contribution in [2.45, 2.75) is 371 Å². The molecule has 0 aliphatic heterocycles. The molecule has 141 heavy (non-hydrogen) atoms. The van der Waals surface area contributed by atoms with Gasteiger partial charge in [0.05, 0.1) is 33.5 Å². The summed E-state index contributed by atoms with van der Waals surface area (Å²) >= 11 is 0. The van der Waals surface area contributed by atoms with Crippen molar-refractivity contribution in [2.24, 2.45) is 11.8 Å². The molecule has 2 saturated carbocycles. The van der Waals surface area contributed by atoms with E-state index in [1.54, 1.807) is 42.5 Å². The Hall–Kier alpha value is -11.6. The van der Waals surface area contributed by atoms with Crippen LogP contribution in [0.2, 0.25) is 0 Å². The molecule has 758 valence electrons. The molecule has 0 atom stereocenters. The average molecular weight is 1920 g/mol. The average Bonchev–Trinajstić information content (AvgIpc) is 1.55. The van der Waals surface area contributed by atoms with Gasteiger partial charge in [-0.05, 0) is 299 Å². The molecule has 0 spiro atoms. The molecular weight excluding hydrogens is 1750 g/mol. The lowest BCUT2D eigenvalue weighted by Gasteiger charge is -2.34. The van der Waals surface area contributed by atoms with Crippen LogP contribution in [0, 0.1) is 11.8 Å². The first kappa shape index (κ1) is 111. The molecule has 4 aliphatic rings.